The summed E-state index contributed by atoms with van der Waals surface area (Å²) in [6, 6.07) is 1.54. The van der Waals surface area contributed by atoms with Crippen LogP contribution in [0.3, 0.4) is 0 Å². The lowest BCUT2D eigenvalue weighted by molar-refractivity contribution is -0.144. The lowest BCUT2D eigenvalue weighted by atomic mass is 9.95. The van der Waals surface area contributed by atoms with Gasteiger partial charge in [-0.15, -0.1) is 0 Å². The molecule has 19 heavy (non-hydrogen) atoms. The summed E-state index contributed by atoms with van der Waals surface area (Å²) in [5, 5.41) is 3.02. The molecule has 0 saturated heterocycles. The zero-order valence-electron chi connectivity index (χ0n) is 10.3. The molecule has 0 radical (unpaired) electrons. The van der Waals surface area contributed by atoms with Gasteiger partial charge in [0, 0.05) is 12.1 Å². The topological polar surface area (TPSA) is 75.9 Å². The van der Waals surface area contributed by atoms with Crippen LogP contribution in [0.1, 0.15) is 37.9 Å². The molecule has 2 rings (SSSR count). The molecule has 1 aromatic rings. The number of aromatic nitrogens is 2. The molecule has 0 atom stereocenters. The van der Waals surface area contributed by atoms with E-state index in [2.05, 4.69) is 20.7 Å². The van der Waals surface area contributed by atoms with Crippen molar-refractivity contribution >= 4 is 11.6 Å². The number of nitrogens with two attached hydrogens (primary N) is 1. The van der Waals surface area contributed by atoms with E-state index in [0.29, 0.717) is 0 Å². The highest BCUT2D eigenvalue weighted by atomic mass is 19.4. The Morgan fingerprint density at radius 1 is 1.11 bits per heavy atom. The average Bonchev–Trinajstić information content (AvgIpc) is 2.38. The Morgan fingerprint density at radius 3 is 2.32 bits per heavy atom. The third-order valence-electron chi connectivity index (χ3n) is 3.08. The third kappa shape index (κ3) is 3.69. The molecule has 1 fully saturated rings. The second-order valence-corrected chi connectivity index (χ2v) is 4.58. The van der Waals surface area contributed by atoms with E-state index in [0.717, 1.165) is 25.7 Å². The largest absolute Gasteiger partial charge is 0.451 e. The van der Waals surface area contributed by atoms with E-state index < -0.39 is 12.0 Å². The van der Waals surface area contributed by atoms with Gasteiger partial charge < -0.3 is 10.7 Å². The second-order valence-electron chi connectivity index (χ2n) is 4.58. The fraction of sp³-hybridized carbons (Fsp3) is 0.636. The van der Waals surface area contributed by atoms with Crippen molar-refractivity contribution in [2.75, 3.05) is 10.7 Å². The van der Waals surface area contributed by atoms with Crippen molar-refractivity contribution in [3.63, 3.8) is 0 Å². The minimum atomic E-state index is -4.59. The highest BCUT2D eigenvalue weighted by Crippen LogP contribution is 2.29. The maximum atomic E-state index is 12.6. The molecule has 0 aliphatic heterocycles. The van der Waals surface area contributed by atoms with Gasteiger partial charge in [-0.2, -0.15) is 13.2 Å². The van der Waals surface area contributed by atoms with Crippen LogP contribution < -0.4 is 16.6 Å². The van der Waals surface area contributed by atoms with Crippen LogP contribution in [0.4, 0.5) is 24.8 Å². The van der Waals surface area contributed by atoms with E-state index in [9.17, 15) is 13.2 Å². The number of rotatable bonds is 3. The first-order chi connectivity index (χ1) is 8.99. The predicted molar refractivity (Wildman–Crippen MR) is 65.3 cm³/mol. The maximum Gasteiger partial charge on any atom is 0.451 e. The van der Waals surface area contributed by atoms with Gasteiger partial charge in [0.2, 0.25) is 5.82 Å². The predicted octanol–water partition coefficient (Wildman–Crippen LogP) is 2.53. The van der Waals surface area contributed by atoms with Crippen molar-refractivity contribution in [2.45, 2.75) is 44.3 Å². The molecule has 0 spiro atoms. The number of alkyl halides is 3. The van der Waals surface area contributed by atoms with E-state index in [1.165, 1.54) is 12.5 Å². The number of anilines is 2. The van der Waals surface area contributed by atoms with E-state index >= 15 is 0 Å². The normalized spacial score (nSPS) is 17.3. The summed E-state index contributed by atoms with van der Waals surface area (Å²) < 4.78 is 37.9. The standard InChI is InChI=1S/C11H16F3N5/c12-11(13,14)10-17-8(6-9(18-10)19-15)16-7-4-2-1-3-5-7/h6-7H,1-5,15H2,(H2,16,17,18,19). The number of nitrogens with zero attached hydrogens (tertiary/aromatic N) is 2. The Morgan fingerprint density at radius 2 is 1.74 bits per heavy atom. The van der Waals surface area contributed by atoms with E-state index in [1.807, 2.05) is 0 Å². The number of halogens is 3. The van der Waals surface area contributed by atoms with Gasteiger partial charge in [0.1, 0.15) is 11.6 Å². The zero-order valence-corrected chi connectivity index (χ0v) is 10.3. The smallest absolute Gasteiger partial charge is 0.367 e. The molecule has 1 heterocycles. The Balaban J connectivity index is 2.19. The first kappa shape index (κ1) is 13.9. The van der Waals surface area contributed by atoms with Crippen molar-refractivity contribution in [1.82, 2.24) is 9.97 Å². The lowest BCUT2D eigenvalue weighted by Gasteiger charge is -2.23. The summed E-state index contributed by atoms with van der Waals surface area (Å²) in [5.41, 5.74) is 2.13. The summed E-state index contributed by atoms with van der Waals surface area (Å²) in [7, 11) is 0. The van der Waals surface area contributed by atoms with Gasteiger partial charge in [0.15, 0.2) is 0 Å². The molecule has 1 saturated carbocycles. The van der Waals surface area contributed by atoms with Gasteiger partial charge in [0.25, 0.3) is 0 Å². The lowest BCUT2D eigenvalue weighted by Crippen LogP contribution is -2.24. The Kier molecular flexibility index (Phi) is 4.08. The minimum absolute atomic E-state index is 0.0550. The van der Waals surface area contributed by atoms with Crippen molar-refractivity contribution < 1.29 is 13.2 Å². The summed E-state index contributed by atoms with van der Waals surface area (Å²) in [5.74, 6) is 4.04. The zero-order chi connectivity index (χ0) is 13.9. The molecule has 1 aliphatic rings. The van der Waals surface area contributed by atoms with Gasteiger partial charge >= 0.3 is 6.18 Å². The van der Waals surface area contributed by atoms with Crippen molar-refractivity contribution in [3.8, 4) is 0 Å². The van der Waals surface area contributed by atoms with Crippen LogP contribution in [0, 0.1) is 0 Å². The van der Waals surface area contributed by atoms with Gasteiger partial charge in [-0.25, -0.2) is 15.8 Å². The molecular formula is C11H16F3N5. The molecule has 0 bridgehead atoms. The highest BCUT2D eigenvalue weighted by Gasteiger charge is 2.35. The van der Waals surface area contributed by atoms with E-state index in [1.54, 1.807) is 0 Å². The van der Waals surface area contributed by atoms with Crippen LogP contribution in [0.2, 0.25) is 0 Å². The Hall–Kier alpha value is -1.57. The van der Waals surface area contributed by atoms with Gasteiger partial charge in [-0.05, 0) is 12.8 Å². The Labute approximate surface area is 108 Å². The first-order valence-electron chi connectivity index (χ1n) is 6.18. The molecule has 0 amide bonds. The maximum absolute atomic E-state index is 12.6. The quantitative estimate of drug-likeness (QED) is 0.584. The Bertz CT molecular complexity index is 429. The highest BCUT2D eigenvalue weighted by molar-refractivity contribution is 5.47. The number of hydrogen-bond donors (Lipinski definition) is 3. The van der Waals surface area contributed by atoms with Crippen LogP contribution in [0.25, 0.3) is 0 Å². The van der Waals surface area contributed by atoms with Crippen LogP contribution in [-0.4, -0.2) is 16.0 Å². The van der Waals surface area contributed by atoms with E-state index in [4.69, 9.17) is 5.84 Å². The molecule has 1 aromatic heterocycles. The summed E-state index contributed by atoms with van der Waals surface area (Å²) >= 11 is 0. The average molecular weight is 275 g/mol. The van der Waals surface area contributed by atoms with Crippen LogP contribution in [-0.2, 0) is 6.18 Å². The molecule has 106 valence electrons. The van der Waals surface area contributed by atoms with Crippen molar-refractivity contribution in [2.24, 2.45) is 5.84 Å². The van der Waals surface area contributed by atoms with Crippen molar-refractivity contribution in [1.29, 1.82) is 0 Å². The number of nitrogen functional groups attached to an aromatic ring is 1. The van der Waals surface area contributed by atoms with Gasteiger partial charge in [-0.1, -0.05) is 19.3 Å². The molecular weight excluding hydrogens is 259 g/mol. The number of nitrogens with one attached hydrogen (secondary N) is 2. The minimum Gasteiger partial charge on any atom is -0.367 e. The molecule has 4 N–H and O–H groups in total. The second kappa shape index (κ2) is 5.60. The van der Waals surface area contributed by atoms with Gasteiger partial charge in [-0.3, -0.25) is 0 Å². The first-order valence-corrected chi connectivity index (χ1v) is 6.18. The summed E-state index contributed by atoms with van der Waals surface area (Å²) in [4.78, 5) is 6.81. The van der Waals surface area contributed by atoms with Crippen LogP contribution >= 0.6 is 0 Å². The van der Waals surface area contributed by atoms with E-state index in [-0.39, 0.29) is 17.7 Å². The van der Waals surface area contributed by atoms with Gasteiger partial charge in [0.05, 0.1) is 0 Å². The molecule has 1 aliphatic carbocycles. The monoisotopic (exact) mass is 275 g/mol. The SMILES string of the molecule is NNc1cc(NC2CCCCC2)nc(C(F)(F)F)n1. The fourth-order valence-corrected chi connectivity index (χ4v) is 2.18. The summed E-state index contributed by atoms with van der Waals surface area (Å²) in [6.45, 7) is 0. The molecule has 8 heteroatoms. The molecule has 0 unspecified atom stereocenters. The van der Waals surface area contributed by atoms with Crippen LogP contribution in [0.15, 0.2) is 6.07 Å². The number of hydrogen-bond acceptors (Lipinski definition) is 5. The summed E-state index contributed by atoms with van der Waals surface area (Å²) in [6.07, 6.45) is 0.627. The fourth-order valence-electron chi connectivity index (χ4n) is 2.18. The molecule has 0 aromatic carbocycles. The van der Waals surface area contributed by atoms with Crippen LogP contribution in [0.5, 0.6) is 0 Å². The number of hydrazine groups is 1. The third-order valence-corrected chi connectivity index (χ3v) is 3.08. The molecule has 5 nitrogen and oxygen atoms in total. The van der Waals surface area contributed by atoms with Crippen molar-refractivity contribution in [3.05, 3.63) is 11.9 Å².